The van der Waals surface area contributed by atoms with E-state index in [9.17, 15) is 48.5 Å². The summed E-state index contributed by atoms with van der Waals surface area (Å²) in [7, 11) is 0. The Balaban J connectivity index is 0.00000340. The molecule has 18 nitrogen and oxygen atoms in total. The number of carbonyl (C=O) groups excluding carboxylic acids is 8. The van der Waals surface area contributed by atoms with Gasteiger partial charge in [-0.3, -0.25) is 58.3 Å². The van der Waals surface area contributed by atoms with E-state index in [2.05, 4.69) is 21.3 Å². The number of carbonyl (C=O) groups is 8. The van der Waals surface area contributed by atoms with Crippen molar-refractivity contribution in [1.29, 1.82) is 0 Å². The molecule has 0 bridgehead atoms. The molecule has 0 spiro atoms. The molecule has 0 aliphatic carbocycles. The van der Waals surface area contributed by atoms with E-state index >= 15 is 0 Å². The molecule has 5 aromatic carbocycles. The van der Waals surface area contributed by atoms with Gasteiger partial charge < -0.3 is 21.3 Å². The fourth-order valence-corrected chi connectivity index (χ4v) is 7.68. The van der Waals surface area contributed by atoms with Crippen LogP contribution in [0.4, 0.5) is 11.4 Å². The number of hydrogen-bond donors (Lipinski definition) is 4. The fourth-order valence-electron chi connectivity index (χ4n) is 7.68. The topological polar surface area (TPSA) is 238 Å². The van der Waals surface area contributed by atoms with Crippen molar-refractivity contribution in [3.8, 4) is 0 Å². The minimum atomic E-state index is -0.893. The predicted molar refractivity (Wildman–Crippen MR) is 237 cm³/mol. The molecule has 3 aliphatic heterocycles. The first-order valence-electron chi connectivity index (χ1n) is 19.6. The molecule has 0 atom stereocenters. The first-order valence-corrected chi connectivity index (χ1v) is 19.6. The number of imide groups is 3. The minimum absolute atomic E-state index is 0. The van der Waals surface area contributed by atoms with Crippen LogP contribution in [0.3, 0.4) is 0 Å². The SMILES string of the molecule is Cl.Cl.O=C(NCCNCCN1C(=O)c2ccccc2C1=O)c1cc(C(=O)NCCNCCN2C(=O)c3ccccc3C2=O)cc(N2C(=O)c3cccc4cc([N+](=O)[O-])cc(c34)C2=O)c1. The lowest BCUT2D eigenvalue weighted by Crippen LogP contribution is -2.41. The molecule has 3 aliphatic rings. The van der Waals surface area contributed by atoms with Gasteiger partial charge in [0.2, 0.25) is 0 Å². The standard InChI is InChI=1S/C44H36N8O10.2ClH/c53-37(47-14-12-45-16-18-49-39(55)30-7-1-2-8-31(30)40(49)56)26-20-27(38(54)48-15-13-46-17-19-50-41(57)32-9-3-4-10-33(32)42(50)58)23-28(22-26)51-43(59)34-11-5-6-25-21-29(52(61)62)24-35(36(25)34)44(51)60;;/h1-11,20-24,45-46H,12-19H2,(H,47,53)(H,48,54);2*1H. The summed E-state index contributed by atoms with van der Waals surface area (Å²) in [4.78, 5) is 120. The average Bonchev–Trinajstić information content (AvgIpc) is 3.67. The van der Waals surface area contributed by atoms with Crippen molar-refractivity contribution in [2.45, 2.75) is 0 Å². The number of anilines is 1. The van der Waals surface area contributed by atoms with Gasteiger partial charge in [-0.15, -0.1) is 24.8 Å². The van der Waals surface area contributed by atoms with Gasteiger partial charge in [-0.1, -0.05) is 36.4 Å². The second-order valence-corrected chi connectivity index (χ2v) is 14.5. The zero-order chi connectivity index (χ0) is 43.7. The molecule has 0 unspecified atom stereocenters. The Morgan fingerprint density at radius 2 is 0.938 bits per heavy atom. The lowest BCUT2D eigenvalue weighted by Gasteiger charge is -2.27. The maximum atomic E-state index is 14.1. The highest BCUT2D eigenvalue weighted by Gasteiger charge is 2.38. The predicted octanol–water partition coefficient (Wildman–Crippen LogP) is 3.62. The van der Waals surface area contributed by atoms with E-state index in [4.69, 9.17) is 0 Å². The third kappa shape index (κ3) is 8.67. The Bertz CT molecular complexity index is 2610. The number of nitro benzene ring substituents is 1. The summed E-state index contributed by atoms with van der Waals surface area (Å²) >= 11 is 0. The molecule has 0 saturated heterocycles. The number of nitro groups is 1. The van der Waals surface area contributed by atoms with Crippen LogP contribution < -0.4 is 26.2 Å². The maximum Gasteiger partial charge on any atom is 0.270 e. The number of nitrogens with zero attached hydrogens (tertiary/aromatic N) is 4. The molecule has 64 heavy (non-hydrogen) atoms. The number of nitrogens with one attached hydrogen (secondary N) is 4. The van der Waals surface area contributed by atoms with Gasteiger partial charge in [-0.2, -0.15) is 0 Å². The Kier molecular flexibility index (Phi) is 13.9. The molecule has 0 aromatic heterocycles. The lowest BCUT2D eigenvalue weighted by molar-refractivity contribution is -0.384. The minimum Gasteiger partial charge on any atom is -0.351 e. The molecule has 328 valence electrons. The number of amides is 8. The quantitative estimate of drug-likeness (QED) is 0.0481. The van der Waals surface area contributed by atoms with E-state index < -0.39 is 28.6 Å². The van der Waals surface area contributed by atoms with E-state index in [-0.39, 0.29) is 140 Å². The molecular weight excluding hydrogens is 871 g/mol. The zero-order valence-electron chi connectivity index (χ0n) is 33.6. The molecule has 0 saturated carbocycles. The van der Waals surface area contributed by atoms with Gasteiger partial charge in [0, 0.05) is 86.6 Å². The van der Waals surface area contributed by atoms with E-state index in [1.165, 1.54) is 36.4 Å². The van der Waals surface area contributed by atoms with Crippen LogP contribution in [0, 0.1) is 10.1 Å². The summed E-state index contributed by atoms with van der Waals surface area (Å²) in [5.41, 5.74) is 0.670. The molecular formula is C44H38Cl2N8O10. The number of halogens is 2. The molecule has 20 heteroatoms. The van der Waals surface area contributed by atoms with Crippen molar-refractivity contribution in [3.63, 3.8) is 0 Å². The van der Waals surface area contributed by atoms with Crippen LogP contribution >= 0.6 is 24.8 Å². The van der Waals surface area contributed by atoms with Crippen LogP contribution in [0.5, 0.6) is 0 Å². The first-order chi connectivity index (χ1) is 29.9. The number of non-ortho nitro benzene ring substituents is 1. The van der Waals surface area contributed by atoms with Crippen molar-refractivity contribution in [2.75, 3.05) is 57.3 Å². The molecule has 8 rings (SSSR count). The number of benzene rings is 5. The fraction of sp³-hybridized carbons (Fsp3) is 0.182. The summed E-state index contributed by atoms with van der Waals surface area (Å²) in [6.07, 6.45) is 0. The molecule has 5 aromatic rings. The molecule has 0 fully saturated rings. The monoisotopic (exact) mass is 908 g/mol. The summed E-state index contributed by atoms with van der Waals surface area (Å²) in [6, 6.07) is 23.8. The second kappa shape index (κ2) is 19.3. The van der Waals surface area contributed by atoms with Crippen LogP contribution in [-0.2, 0) is 0 Å². The maximum absolute atomic E-state index is 14.1. The van der Waals surface area contributed by atoms with Gasteiger partial charge in [0.25, 0.3) is 52.9 Å². The van der Waals surface area contributed by atoms with Gasteiger partial charge >= 0.3 is 0 Å². The number of fused-ring (bicyclic) bond motifs is 2. The van der Waals surface area contributed by atoms with Crippen molar-refractivity contribution in [3.05, 3.63) is 152 Å². The van der Waals surface area contributed by atoms with Crippen LogP contribution in [-0.4, -0.2) is 114 Å². The van der Waals surface area contributed by atoms with Gasteiger partial charge in [-0.25, -0.2) is 4.90 Å². The van der Waals surface area contributed by atoms with E-state index in [0.717, 1.165) is 20.8 Å². The van der Waals surface area contributed by atoms with Crippen LogP contribution in [0.15, 0.2) is 97.1 Å². The Hall–Kier alpha value is -7.38. The molecule has 4 N–H and O–H groups in total. The third-order valence-electron chi connectivity index (χ3n) is 10.7. The lowest BCUT2D eigenvalue weighted by atomic mass is 9.92. The summed E-state index contributed by atoms with van der Waals surface area (Å²) in [6.45, 7) is 1.27. The van der Waals surface area contributed by atoms with Crippen LogP contribution in [0.1, 0.15) is 82.9 Å². The second-order valence-electron chi connectivity index (χ2n) is 14.5. The van der Waals surface area contributed by atoms with Crippen molar-refractivity contribution in [1.82, 2.24) is 31.1 Å². The highest BCUT2D eigenvalue weighted by atomic mass is 35.5. The number of rotatable bonds is 16. The highest BCUT2D eigenvalue weighted by molar-refractivity contribution is 6.36. The van der Waals surface area contributed by atoms with Gasteiger partial charge in [0.05, 0.1) is 38.4 Å². The Morgan fingerprint density at radius 1 is 0.500 bits per heavy atom. The Labute approximate surface area is 376 Å². The molecule has 3 heterocycles. The Morgan fingerprint density at radius 3 is 1.39 bits per heavy atom. The average molecular weight is 910 g/mol. The van der Waals surface area contributed by atoms with Gasteiger partial charge in [0.15, 0.2) is 0 Å². The van der Waals surface area contributed by atoms with Gasteiger partial charge in [0.1, 0.15) is 0 Å². The van der Waals surface area contributed by atoms with Crippen molar-refractivity contribution < 1.29 is 43.3 Å². The highest BCUT2D eigenvalue weighted by Crippen LogP contribution is 2.36. The van der Waals surface area contributed by atoms with Crippen LogP contribution in [0.25, 0.3) is 10.8 Å². The number of hydrogen-bond acceptors (Lipinski definition) is 12. The largest absolute Gasteiger partial charge is 0.351 e. The third-order valence-corrected chi connectivity index (χ3v) is 10.7. The zero-order valence-corrected chi connectivity index (χ0v) is 35.2. The summed E-state index contributed by atoms with van der Waals surface area (Å²) < 4.78 is 0. The van der Waals surface area contributed by atoms with Crippen LogP contribution in [0.2, 0.25) is 0 Å². The van der Waals surface area contributed by atoms with Crippen molar-refractivity contribution >= 4 is 94.2 Å². The van der Waals surface area contributed by atoms with Gasteiger partial charge in [-0.05, 0) is 53.9 Å². The first kappa shape index (κ1) is 46.1. The molecule has 8 amide bonds. The normalized spacial score (nSPS) is 13.7. The van der Waals surface area contributed by atoms with E-state index in [0.29, 0.717) is 27.6 Å². The summed E-state index contributed by atoms with van der Waals surface area (Å²) in [5.74, 6) is -4.53. The smallest absolute Gasteiger partial charge is 0.270 e. The van der Waals surface area contributed by atoms with E-state index in [1.807, 2.05) is 0 Å². The van der Waals surface area contributed by atoms with E-state index in [1.54, 1.807) is 54.6 Å². The van der Waals surface area contributed by atoms with Crippen molar-refractivity contribution in [2.24, 2.45) is 0 Å². The summed E-state index contributed by atoms with van der Waals surface area (Å²) in [5, 5.41) is 23.9. The molecule has 0 radical (unpaired) electrons.